The number of rotatable bonds is 4. The third-order valence-corrected chi connectivity index (χ3v) is 3.30. The zero-order valence-electron chi connectivity index (χ0n) is 10.4. The Balaban J connectivity index is 2.06. The van der Waals surface area contributed by atoms with Gasteiger partial charge in [0.25, 0.3) is 0 Å². The largest absolute Gasteiger partial charge is 0.477 e. The van der Waals surface area contributed by atoms with Crippen LogP contribution in [-0.2, 0) is 0 Å². The zero-order chi connectivity index (χ0) is 13.0. The molecule has 0 aromatic carbocycles. The Kier molecular flexibility index (Phi) is 4.15. The second-order valence-corrected chi connectivity index (χ2v) is 4.59. The van der Waals surface area contributed by atoms with Crippen molar-refractivity contribution < 1.29 is 14.6 Å². The molecule has 0 spiro atoms. The van der Waals surface area contributed by atoms with Gasteiger partial charge >= 0.3 is 5.97 Å². The van der Waals surface area contributed by atoms with Gasteiger partial charge < -0.3 is 15.2 Å². The molecule has 1 aliphatic heterocycles. The molecule has 1 saturated heterocycles. The number of carbonyl (C=O) groups is 1. The number of carboxylic acids is 1. The standard InChI is InChI=1S/C13H18N2O3/c1-9(10-4-2-6-14-8-10)18-12-11(13(16)17)5-3-7-15-12/h3,5,7,9-10,14H,2,4,6,8H2,1H3,(H,16,17). The maximum atomic E-state index is 11.0. The average molecular weight is 250 g/mol. The summed E-state index contributed by atoms with van der Waals surface area (Å²) in [6.07, 6.45) is 3.74. The number of nitrogens with zero attached hydrogens (tertiary/aromatic N) is 1. The molecule has 0 bridgehead atoms. The van der Waals surface area contributed by atoms with Crippen molar-refractivity contribution in [3.63, 3.8) is 0 Å². The molecule has 5 nitrogen and oxygen atoms in total. The minimum atomic E-state index is -1.01. The van der Waals surface area contributed by atoms with Crippen LogP contribution in [0.25, 0.3) is 0 Å². The summed E-state index contributed by atoms with van der Waals surface area (Å²) in [5.41, 5.74) is 0.119. The lowest BCUT2D eigenvalue weighted by molar-refractivity contribution is 0.0680. The van der Waals surface area contributed by atoms with Gasteiger partial charge in [-0.3, -0.25) is 0 Å². The summed E-state index contributed by atoms with van der Waals surface area (Å²) >= 11 is 0. The van der Waals surface area contributed by atoms with E-state index >= 15 is 0 Å². The van der Waals surface area contributed by atoms with Crippen LogP contribution in [0.2, 0.25) is 0 Å². The second-order valence-electron chi connectivity index (χ2n) is 4.59. The fourth-order valence-corrected chi connectivity index (χ4v) is 2.20. The Labute approximate surface area is 106 Å². The van der Waals surface area contributed by atoms with Gasteiger partial charge in [-0.25, -0.2) is 9.78 Å². The maximum Gasteiger partial charge on any atom is 0.341 e. The molecule has 0 aliphatic carbocycles. The van der Waals surface area contributed by atoms with E-state index in [1.807, 2.05) is 6.92 Å². The molecule has 2 atom stereocenters. The minimum absolute atomic E-state index is 0.0363. The lowest BCUT2D eigenvalue weighted by Crippen LogP contribution is -2.38. The molecule has 1 aliphatic rings. The normalized spacial score (nSPS) is 21.3. The second kappa shape index (κ2) is 5.82. The number of aromatic nitrogens is 1. The fourth-order valence-electron chi connectivity index (χ4n) is 2.20. The number of pyridine rings is 1. The van der Waals surface area contributed by atoms with Crippen molar-refractivity contribution in [2.75, 3.05) is 13.1 Å². The Hall–Kier alpha value is -1.62. The van der Waals surface area contributed by atoms with Crippen molar-refractivity contribution in [2.24, 2.45) is 5.92 Å². The van der Waals surface area contributed by atoms with Crippen molar-refractivity contribution >= 4 is 5.97 Å². The third kappa shape index (κ3) is 2.98. The lowest BCUT2D eigenvalue weighted by atomic mass is 9.95. The van der Waals surface area contributed by atoms with Gasteiger partial charge in [-0.1, -0.05) is 0 Å². The molecule has 5 heteroatoms. The zero-order valence-corrected chi connectivity index (χ0v) is 10.4. The van der Waals surface area contributed by atoms with Gasteiger partial charge in [-0.15, -0.1) is 0 Å². The summed E-state index contributed by atoms with van der Waals surface area (Å²) in [7, 11) is 0. The predicted octanol–water partition coefficient (Wildman–Crippen LogP) is 1.55. The molecule has 1 fully saturated rings. The van der Waals surface area contributed by atoms with Crippen LogP contribution in [0.5, 0.6) is 5.88 Å². The number of piperidine rings is 1. The van der Waals surface area contributed by atoms with E-state index in [-0.39, 0.29) is 17.5 Å². The predicted molar refractivity (Wildman–Crippen MR) is 66.9 cm³/mol. The van der Waals surface area contributed by atoms with Crippen molar-refractivity contribution in [2.45, 2.75) is 25.9 Å². The van der Waals surface area contributed by atoms with Crippen LogP contribution in [0.3, 0.4) is 0 Å². The van der Waals surface area contributed by atoms with Crippen LogP contribution >= 0.6 is 0 Å². The van der Waals surface area contributed by atoms with Crippen molar-refractivity contribution in [3.8, 4) is 5.88 Å². The van der Waals surface area contributed by atoms with Crippen molar-refractivity contribution in [1.82, 2.24) is 10.3 Å². The topological polar surface area (TPSA) is 71.5 Å². The quantitative estimate of drug-likeness (QED) is 0.848. The van der Waals surface area contributed by atoms with Crippen LogP contribution in [0.15, 0.2) is 18.3 Å². The lowest BCUT2D eigenvalue weighted by Gasteiger charge is -2.28. The average Bonchev–Trinajstić information content (AvgIpc) is 2.40. The van der Waals surface area contributed by atoms with Crippen molar-refractivity contribution in [1.29, 1.82) is 0 Å². The number of ether oxygens (including phenoxy) is 1. The molecule has 0 radical (unpaired) electrons. The molecule has 0 saturated carbocycles. The molecule has 0 amide bonds. The SMILES string of the molecule is CC(Oc1ncccc1C(=O)O)C1CCCNC1. The highest BCUT2D eigenvalue weighted by molar-refractivity contribution is 5.90. The molecule has 1 aromatic heterocycles. The molecule has 18 heavy (non-hydrogen) atoms. The van der Waals surface area contributed by atoms with E-state index in [0.29, 0.717) is 5.92 Å². The van der Waals surface area contributed by atoms with E-state index in [0.717, 1.165) is 25.9 Å². The smallest absolute Gasteiger partial charge is 0.341 e. The van der Waals surface area contributed by atoms with E-state index < -0.39 is 5.97 Å². The maximum absolute atomic E-state index is 11.0. The van der Waals surface area contributed by atoms with Gasteiger partial charge in [0.05, 0.1) is 0 Å². The molecule has 2 unspecified atom stereocenters. The monoisotopic (exact) mass is 250 g/mol. The van der Waals surface area contributed by atoms with E-state index in [1.165, 1.54) is 6.07 Å². The van der Waals surface area contributed by atoms with E-state index in [2.05, 4.69) is 10.3 Å². The van der Waals surface area contributed by atoms with Gasteiger partial charge in [0.1, 0.15) is 11.7 Å². The Morgan fingerprint density at radius 1 is 1.67 bits per heavy atom. The Bertz CT molecular complexity index is 416. The number of hydrogen-bond donors (Lipinski definition) is 2. The van der Waals surface area contributed by atoms with Crippen LogP contribution in [0.4, 0.5) is 0 Å². The summed E-state index contributed by atoms with van der Waals surface area (Å²) in [5, 5.41) is 12.4. The Morgan fingerprint density at radius 2 is 2.50 bits per heavy atom. The van der Waals surface area contributed by atoms with Gasteiger partial charge in [-0.2, -0.15) is 0 Å². The van der Waals surface area contributed by atoms with E-state index in [4.69, 9.17) is 9.84 Å². The Morgan fingerprint density at radius 3 is 3.17 bits per heavy atom. The fraction of sp³-hybridized carbons (Fsp3) is 0.538. The van der Waals surface area contributed by atoms with Crippen LogP contribution in [0, 0.1) is 5.92 Å². The molecular weight excluding hydrogens is 232 g/mol. The first-order chi connectivity index (χ1) is 8.68. The minimum Gasteiger partial charge on any atom is -0.477 e. The molecule has 1 aromatic rings. The van der Waals surface area contributed by atoms with Crippen molar-refractivity contribution in [3.05, 3.63) is 23.9 Å². The highest BCUT2D eigenvalue weighted by Gasteiger charge is 2.23. The number of nitrogens with one attached hydrogen (secondary N) is 1. The summed E-state index contributed by atoms with van der Waals surface area (Å²) < 4.78 is 5.71. The highest BCUT2D eigenvalue weighted by atomic mass is 16.5. The molecule has 2 rings (SSSR count). The van der Waals surface area contributed by atoms with Gasteiger partial charge in [0, 0.05) is 18.7 Å². The summed E-state index contributed by atoms with van der Waals surface area (Å²) in [5.74, 6) is -0.391. The van der Waals surface area contributed by atoms with Crippen LogP contribution in [-0.4, -0.2) is 35.3 Å². The first-order valence-corrected chi connectivity index (χ1v) is 6.24. The summed E-state index contributed by atoms with van der Waals surface area (Å²) in [6.45, 7) is 3.93. The summed E-state index contributed by atoms with van der Waals surface area (Å²) in [4.78, 5) is 15.1. The first kappa shape index (κ1) is 12.8. The molecule has 2 heterocycles. The molecule has 98 valence electrons. The number of hydrogen-bond acceptors (Lipinski definition) is 4. The summed E-state index contributed by atoms with van der Waals surface area (Å²) in [6, 6.07) is 3.11. The van der Waals surface area contributed by atoms with E-state index in [9.17, 15) is 4.79 Å². The molecular formula is C13H18N2O3. The van der Waals surface area contributed by atoms with Gasteiger partial charge in [-0.05, 0) is 38.4 Å². The number of carboxylic acid groups (broad SMARTS) is 1. The van der Waals surface area contributed by atoms with E-state index in [1.54, 1.807) is 12.3 Å². The number of aromatic carboxylic acids is 1. The highest BCUT2D eigenvalue weighted by Crippen LogP contribution is 2.21. The third-order valence-electron chi connectivity index (χ3n) is 3.30. The van der Waals surface area contributed by atoms with Crippen LogP contribution in [0.1, 0.15) is 30.1 Å². The van der Waals surface area contributed by atoms with Crippen LogP contribution < -0.4 is 10.1 Å². The van der Waals surface area contributed by atoms with Gasteiger partial charge in [0.15, 0.2) is 0 Å². The van der Waals surface area contributed by atoms with Gasteiger partial charge in [0.2, 0.25) is 5.88 Å². The first-order valence-electron chi connectivity index (χ1n) is 6.24. The molecule has 2 N–H and O–H groups in total.